The van der Waals surface area contributed by atoms with E-state index in [1.165, 1.54) is 0 Å². The first-order valence-corrected chi connectivity index (χ1v) is 6.58. The molecule has 0 bridgehead atoms. The van der Waals surface area contributed by atoms with Gasteiger partial charge in [-0.25, -0.2) is 0 Å². The van der Waals surface area contributed by atoms with Crippen LogP contribution in [0.2, 0.25) is 0 Å². The van der Waals surface area contributed by atoms with Crippen LogP contribution in [-0.4, -0.2) is 28.4 Å². The zero-order chi connectivity index (χ0) is 13.1. The van der Waals surface area contributed by atoms with Gasteiger partial charge < -0.3 is 10.6 Å². The first kappa shape index (κ1) is 15.8. The second-order valence-electron chi connectivity index (χ2n) is 5.30. The third kappa shape index (κ3) is 3.83. The molecule has 1 fully saturated rings. The van der Waals surface area contributed by atoms with Gasteiger partial charge in [-0.15, -0.1) is 12.4 Å². The van der Waals surface area contributed by atoms with Crippen molar-refractivity contribution >= 4 is 24.0 Å². The smallest absolute Gasteiger partial charge is 0.228 e. The summed E-state index contributed by atoms with van der Waals surface area (Å²) in [5.74, 6) is 0.708. The molecule has 2 rings (SSSR count). The largest absolute Gasteiger partial charge is 0.397 e. The van der Waals surface area contributed by atoms with E-state index >= 15 is 0 Å². The Morgan fingerprint density at radius 1 is 1.53 bits per heavy atom. The van der Waals surface area contributed by atoms with E-state index in [2.05, 4.69) is 18.8 Å². The molecule has 2 N–H and O–H groups in total. The zero-order valence-corrected chi connectivity index (χ0v) is 12.3. The number of rotatable bonds is 3. The molecule has 19 heavy (non-hydrogen) atoms. The number of hydrogen-bond acceptors (Lipinski definition) is 3. The highest BCUT2D eigenvalue weighted by atomic mass is 35.5. The minimum Gasteiger partial charge on any atom is -0.397 e. The average molecular weight is 284 g/mol. The highest BCUT2D eigenvalue weighted by Crippen LogP contribution is 2.24. The van der Waals surface area contributed by atoms with Crippen LogP contribution in [0, 0.1) is 5.92 Å². The van der Waals surface area contributed by atoms with Gasteiger partial charge in [-0.1, -0.05) is 13.8 Å². The first-order chi connectivity index (χ1) is 8.58. The minimum absolute atomic E-state index is 0. The predicted octanol–water partition coefficient (Wildman–Crippen LogP) is 2.28. The highest BCUT2D eigenvalue weighted by Gasteiger charge is 2.30. The van der Waals surface area contributed by atoms with Crippen LogP contribution in [0.3, 0.4) is 0 Å². The molecule has 0 aromatic carbocycles. The van der Waals surface area contributed by atoms with Gasteiger partial charge in [0.1, 0.15) is 0 Å². The topological polar surface area (TPSA) is 59.2 Å². The number of halogens is 1. The highest BCUT2D eigenvalue weighted by molar-refractivity contribution is 5.85. The van der Waals surface area contributed by atoms with Crippen molar-refractivity contribution in [2.24, 2.45) is 5.92 Å². The molecular formula is C14H22ClN3O. The number of carbonyl (C=O) groups is 1. The van der Waals surface area contributed by atoms with E-state index in [1.54, 1.807) is 12.3 Å². The molecule has 4 nitrogen and oxygen atoms in total. The number of nitrogen functional groups attached to an aromatic ring is 1. The Balaban J connectivity index is 0.00000180. The SMILES string of the molecule is CC(C)C1CCCN1C(=O)Cc1ccc(N)cn1.Cl. The lowest BCUT2D eigenvalue weighted by Gasteiger charge is -2.27. The molecule has 1 unspecified atom stereocenters. The summed E-state index contributed by atoms with van der Waals surface area (Å²) in [6.45, 7) is 5.24. The fourth-order valence-electron chi connectivity index (χ4n) is 2.59. The lowest BCUT2D eigenvalue weighted by molar-refractivity contribution is -0.132. The second-order valence-corrected chi connectivity index (χ2v) is 5.30. The maximum Gasteiger partial charge on any atom is 0.228 e. The van der Waals surface area contributed by atoms with Crippen LogP contribution in [-0.2, 0) is 11.2 Å². The van der Waals surface area contributed by atoms with Crippen molar-refractivity contribution < 1.29 is 4.79 Å². The Labute approximate surface area is 120 Å². The van der Waals surface area contributed by atoms with Gasteiger partial charge in [-0.2, -0.15) is 0 Å². The van der Waals surface area contributed by atoms with E-state index in [0.717, 1.165) is 25.1 Å². The molecule has 5 heteroatoms. The van der Waals surface area contributed by atoms with E-state index in [-0.39, 0.29) is 18.3 Å². The molecule has 106 valence electrons. The Morgan fingerprint density at radius 2 is 2.26 bits per heavy atom. The van der Waals surface area contributed by atoms with Gasteiger partial charge in [-0.3, -0.25) is 9.78 Å². The molecule has 2 heterocycles. The van der Waals surface area contributed by atoms with Crippen LogP contribution in [0.4, 0.5) is 5.69 Å². The van der Waals surface area contributed by atoms with Gasteiger partial charge in [0.25, 0.3) is 0 Å². The van der Waals surface area contributed by atoms with Crippen LogP contribution < -0.4 is 5.73 Å². The first-order valence-electron chi connectivity index (χ1n) is 6.58. The number of aromatic nitrogens is 1. The molecule has 1 aromatic rings. The molecule has 0 aliphatic carbocycles. The van der Waals surface area contributed by atoms with Crippen LogP contribution in [0.15, 0.2) is 18.3 Å². The lowest BCUT2D eigenvalue weighted by Crippen LogP contribution is -2.39. The van der Waals surface area contributed by atoms with Crippen LogP contribution in [0.1, 0.15) is 32.4 Å². The summed E-state index contributed by atoms with van der Waals surface area (Å²) in [6.07, 6.45) is 4.22. The van der Waals surface area contributed by atoms with Gasteiger partial charge in [0, 0.05) is 18.3 Å². The molecule has 1 aliphatic rings. The minimum atomic E-state index is 0. The van der Waals surface area contributed by atoms with Crippen molar-refractivity contribution in [3.63, 3.8) is 0 Å². The molecule has 0 radical (unpaired) electrons. The second kappa shape index (κ2) is 6.75. The van der Waals surface area contributed by atoms with Gasteiger partial charge in [0.05, 0.1) is 18.3 Å². The summed E-state index contributed by atoms with van der Waals surface area (Å²) >= 11 is 0. The standard InChI is InChI=1S/C14H21N3O.ClH/c1-10(2)13-4-3-7-17(13)14(18)8-12-6-5-11(15)9-16-12;/h5-6,9-10,13H,3-4,7-8,15H2,1-2H3;1H. The fourth-order valence-corrected chi connectivity index (χ4v) is 2.59. The number of nitrogens with two attached hydrogens (primary N) is 1. The van der Waals surface area contributed by atoms with Crippen molar-refractivity contribution in [1.29, 1.82) is 0 Å². The average Bonchev–Trinajstić information content (AvgIpc) is 2.81. The quantitative estimate of drug-likeness (QED) is 0.926. The fraction of sp³-hybridized carbons (Fsp3) is 0.571. The van der Waals surface area contributed by atoms with Crippen molar-refractivity contribution in [2.45, 2.75) is 39.2 Å². The van der Waals surface area contributed by atoms with Crippen LogP contribution in [0.25, 0.3) is 0 Å². The number of amides is 1. The number of nitrogens with zero attached hydrogens (tertiary/aromatic N) is 2. The maximum atomic E-state index is 12.3. The van der Waals surface area contributed by atoms with E-state index in [1.807, 2.05) is 11.0 Å². The van der Waals surface area contributed by atoms with Crippen molar-refractivity contribution in [3.05, 3.63) is 24.0 Å². The Kier molecular flexibility index (Phi) is 5.60. The summed E-state index contributed by atoms with van der Waals surface area (Å²) in [5, 5.41) is 0. The lowest BCUT2D eigenvalue weighted by atomic mass is 10.0. The van der Waals surface area contributed by atoms with E-state index in [0.29, 0.717) is 24.1 Å². The van der Waals surface area contributed by atoms with Crippen molar-refractivity contribution in [2.75, 3.05) is 12.3 Å². The number of likely N-dealkylation sites (tertiary alicyclic amines) is 1. The van der Waals surface area contributed by atoms with Gasteiger partial charge in [0.15, 0.2) is 0 Å². The molecule has 0 saturated carbocycles. The number of carbonyl (C=O) groups excluding carboxylic acids is 1. The Bertz CT molecular complexity index is 419. The molecule has 0 spiro atoms. The monoisotopic (exact) mass is 283 g/mol. The zero-order valence-electron chi connectivity index (χ0n) is 11.5. The third-order valence-electron chi connectivity index (χ3n) is 3.57. The Morgan fingerprint density at radius 3 is 2.84 bits per heavy atom. The maximum absolute atomic E-state index is 12.3. The molecule has 1 amide bonds. The third-order valence-corrected chi connectivity index (χ3v) is 3.57. The molecule has 1 aromatic heterocycles. The number of hydrogen-bond donors (Lipinski definition) is 1. The molecule has 1 atom stereocenters. The summed E-state index contributed by atoms with van der Waals surface area (Å²) in [4.78, 5) is 18.5. The van der Waals surface area contributed by atoms with Crippen LogP contribution in [0.5, 0.6) is 0 Å². The van der Waals surface area contributed by atoms with E-state index < -0.39 is 0 Å². The van der Waals surface area contributed by atoms with Gasteiger partial charge in [-0.05, 0) is 30.9 Å². The summed E-state index contributed by atoms with van der Waals surface area (Å²) in [6, 6.07) is 4.01. The molecule has 1 aliphatic heterocycles. The van der Waals surface area contributed by atoms with Gasteiger partial charge in [0.2, 0.25) is 5.91 Å². The van der Waals surface area contributed by atoms with Crippen LogP contribution >= 0.6 is 12.4 Å². The number of anilines is 1. The normalized spacial score (nSPS) is 18.5. The summed E-state index contributed by atoms with van der Waals surface area (Å²) in [5.41, 5.74) is 7.01. The van der Waals surface area contributed by atoms with Crippen molar-refractivity contribution in [3.8, 4) is 0 Å². The predicted molar refractivity (Wildman–Crippen MR) is 79.2 cm³/mol. The summed E-state index contributed by atoms with van der Waals surface area (Å²) < 4.78 is 0. The molecule has 1 saturated heterocycles. The van der Waals surface area contributed by atoms with Crippen molar-refractivity contribution in [1.82, 2.24) is 9.88 Å². The molecular weight excluding hydrogens is 262 g/mol. The summed E-state index contributed by atoms with van der Waals surface area (Å²) in [7, 11) is 0. The number of pyridine rings is 1. The van der Waals surface area contributed by atoms with E-state index in [4.69, 9.17) is 5.73 Å². The Hall–Kier alpha value is -1.29. The van der Waals surface area contributed by atoms with Gasteiger partial charge >= 0.3 is 0 Å². The van der Waals surface area contributed by atoms with E-state index in [9.17, 15) is 4.79 Å².